The first-order valence-electron chi connectivity index (χ1n) is 7.65. The number of rotatable bonds is 6. The van der Waals surface area contributed by atoms with Crippen molar-refractivity contribution < 1.29 is 5.11 Å². The Kier molecular flexibility index (Phi) is 5.39. The predicted molar refractivity (Wildman–Crippen MR) is 91.2 cm³/mol. The topological polar surface area (TPSA) is 76.3 Å². The van der Waals surface area contributed by atoms with Crippen LogP contribution in [0.3, 0.4) is 0 Å². The van der Waals surface area contributed by atoms with Gasteiger partial charge >= 0.3 is 5.69 Å². The van der Waals surface area contributed by atoms with Crippen molar-refractivity contribution in [2.45, 2.75) is 26.8 Å². The molecule has 0 bridgehead atoms. The second kappa shape index (κ2) is 7.28. The fourth-order valence-corrected chi connectivity index (χ4v) is 2.61. The van der Waals surface area contributed by atoms with Gasteiger partial charge < -0.3 is 10.4 Å². The largest absolute Gasteiger partial charge is 0.396 e. The van der Waals surface area contributed by atoms with Crippen molar-refractivity contribution in [1.29, 1.82) is 0 Å². The molecular weight excluding hydrogens is 294 g/mol. The zero-order valence-corrected chi connectivity index (χ0v) is 13.8. The van der Waals surface area contributed by atoms with E-state index in [1.54, 1.807) is 4.57 Å². The van der Waals surface area contributed by atoms with E-state index in [2.05, 4.69) is 11.4 Å². The molecule has 0 aliphatic carbocycles. The van der Waals surface area contributed by atoms with E-state index in [9.17, 15) is 9.59 Å². The van der Waals surface area contributed by atoms with Crippen LogP contribution in [0.15, 0.2) is 33.9 Å². The smallest absolute Gasteiger partial charge is 0.332 e. The summed E-state index contributed by atoms with van der Waals surface area (Å²) in [6.45, 7) is 4.97. The molecule has 0 radical (unpaired) electrons. The van der Waals surface area contributed by atoms with Crippen LogP contribution in [0.5, 0.6) is 0 Å². The lowest BCUT2D eigenvalue weighted by Crippen LogP contribution is -2.39. The van der Waals surface area contributed by atoms with E-state index in [1.807, 2.05) is 26.0 Å². The summed E-state index contributed by atoms with van der Waals surface area (Å²) in [6, 6.07) is 7.55. The van der Waals surface area contributed by atoms with Crippen LogP contribution >= 0.6 is 0 Å². The lowest BCUT2D eigenvalue weighted by Gasteiger charge is -2.16. The van der Waals surface area contributed by atoms with Crippen molar-refractivity contribution in [2.24, 2.45) is 7.05 Å². The average Bonchev–Trinajstić information content (AvgIpc) is 2.48. The van der Waals surface area contributed by atoms with Crippen LogP contribution in [-0.4, -0.2) is 27.4 Å². The van der Waals surface area contributed by atoms with Gasteiger partial charge in [0.05, 0.1) is 6.54 Å². The van der Waals surface area contributed by atoms with Gasteiger partial charge in [0.25, 0.3) is 5.56 Å². The first-order chi connectivity index (χ1) is 10.9. The van der Waals surface area contributed by atoms with Gasteiger partial charge in [-0.3, -0.25) is 13.9 Å². The maximum absolute atomic E-state index is 12.5. The minimum Gasteiger partial charge on any atom is -0.396 e. The highest BCUT2D eigenvalue weighted by Crippen LogP contribution is 2.12. The first kappa shape index (κ1) is 17.0. The molecule has 0 spiro atoms. The molecule has 0 unspecified atom stereocenters. The summed E-state index contributed by atoms with van der Waals surface area (Å²) >= 11 is 0. The molecule has 1 heterocycles. The van der Waals surface area contributed by atoms with Gasteiger partial charge in [-0.15, -0.1) is 0 Å². The van der Waals surface area contributed by atoms with Crippen molar-refractivity contribution in [3.8, 4) is 0 Å². The van der Waals surface area contributed by atoms with E-state index >= 15 is 0 Å². The Labute approximate surface area is 135 Å². The molecule has 0 aliphatic heterocycles. The lowest BCUT2D eigenvalue weighted by atomic mass is 10.1. The number of aliphatic hydroxyl groups excluding tert-OH is 1. The third-order valence-corrected chi connectivity index (χ3v) is 3.66. The molecule has 23 heavy (non-hydrogen) atoms. The zero-order valence-electron chi connectivity index (χ0n) is 13.8. The van der Waals surface area contributed by atoms with Crippen molar-refractivity contribution in [1.82, 2.24) is 9.13 Å². The Morgan fingerprint density at radius 1 is 1.09 bits per heavy atom. The lowest BCUT2D eigenvalue weighted by molar-refractivity contribution is 0.292. The molecule has 0 amide bonds. The summed E-state index contributed by atoms with van der Waals surface area (Å²) in [7, 11) is 1.47. The van der Waals surface area contributed by atoms with E-state index in [1.165, 1.54) is 13.1 Å². The van der Waals surface area contributed by atoms with Crippen molar-refractivity contribution in [3.63, 3.8) is 0 Å². The van der Waals surface area contributed by atoms with E-state index in [0.29, 0.717) is 25.3 Å². The molecule has 1 aromatic heterocycles. The Morgan fingerprint density at radius 3 is 2.35 bits per heavy atom. The Bertz CT molecular complexity index is 785. The van der Waals surface area contributed by atoms with Crippen LogP contribution in [0.1, 0.15) is 23.1 Å². The number of aryl methyl sites for hydroxylation is 2. The molecular formula is C17H23N3O3. The van der Waals surface area contributed by atoms with E-state index < -0.39 is 0 Å². The Balaban J connectivity index is 2.44. The molecule has 1 aromatic carbocycles. The van der Waals surface area contributed by atoms with Gasteiger partial charge in [-0.1, -0.05) is 29.3 Å². The minimum absolute atomic E-state index is 0.0547. The zero-order chi connectivity index (χ0) is 17.0. The molecule has 2 rings (SSSR count). The number of nitrogens with zero attached hydrogens (tertiary/aromatic N) is 2. The van der Waals surface area contributed by atoms with Crippen LogP contribution in [0.25, 0.3) is 0 Å². The SMILES string of the molecule is Cc1cc(C)cc(Cn2c(NCCCO)cc(=O)n(C)c2=O)c1. The first-order valence-corrected chi connectivity index (χ1v) is 7.65. The highest BCUT2D eigenvalue weighted by atomic mass is 16.3. The molecule has 0 aliphatic rings. The minimum atomic E-state index is -0.358. The molecule has 2 N–H and O–H groups in total. The maximum atomic E-state index is 12.5. The van der Waals surface area contributed by atoms with Crippen LogP contribution in [0, 0.1) is 13.8 Å². The van der Waals surface area contributed by atoms with Crippen molar-refractivity contribution in [2.75, 3.05) is 18.5 Å². The molecule has 6 heteroatoms. The van der Waals surface area contributed by atoms with E-state index in [-0.39, 0.29) is 17.9 Å². The molecule has 0 saturated carbocycles. The normalized spacial score (nSPS) is 10.8. The van der Waals surface area contributed by atoms with E-state index in [0.717, 1.165) is 21.3 Å². The molecule has 6 nitrogen and oxygen atoms in total. The number of anilines is 1. The monoisotopic (exact) mass is 317 g/mol. The fraction of sp³-hybridized carbons (Fsp3) is 0.412. The van der Waals surface area contributed by atoms with Crippen molar-refractivity contribution in [3.05, 3.63) is 61.8 Å². The highest BCUT2D eigenvalue weighted by Gasteiger charge is 2.10. The number of aromatic nitrogens is 2. The number of benzene rings is 1. The molecule has 2 aromatic rings. The predicted octanol–water partition coefficient (Wildman–Crippen LogP) is 1.01. The summed E-state index contributed by atoms with van der Waals surface area (Å²) in [5, 5.41) is 12.0. The second-order valence-electron chi connectivity index (χ2n) is 5.80. The number of aliphatic hydroxyl groups is 1. The summed E-state index contributed by atoms with van der Waals surface area (Å²) in [6.07, 6.45) is 0.549. The Morgan fingerprint density at radius 2 is 1.74 bits per heavy atom. The third-order valence-electron chi connectivity index (χ3n) is 3.66. The molecule has 124 valence electrons. The molecule has 0 saturated heterocycles. The van der Waals surface area contributed by atoms with Gasteiger partial charge in [0.15, 0.2) is 0 Å². The highest BCUT2D eigenvalue weighted by molar-refractivity contribution is 5.36. The van der Waals surface area contributed by atoms with Crippen LogP contribution < -0.4 is 16.6 Å². The summed E-state index contributed by atoms with van der Waals surface area (Å²) < 4.78 is 2.65. The maximum Gasteiger partial charge on any atom is 0.332 e. The number of hydrogen-bond acceptors (Lipinski definition) is 4. The summed E-state index contributed by atoms with van der Waals surface area (Å²) in [5.41, 5.74) is 2.56. The summed E-state index contributed by atoms with van der Waals surface area (Å²) in [5.74, 6) is 0.478. The van der Waals surface area contributed by atoms with Gasteiger partial charge in [-0.25, -0.2) is 4.79 Å². The van der Waals surface area contributed by atoms with Crippen molar-refractivity contribution >= 4 is 5.82 Å². The fourth-order valence-electron chi connectivity index (χ4n) is 2.61. The molecule has 0 atom stereocenters. The van der Waals surface area contributed by atoms with Gasteiger partial charge in [0.2, 0.25) is 0 Å². The third kappa shape index (κ3) is 4.10. The standard InChI is InChI=1S/C17H23N3O3/c1-12-7-13(2)9-14(8-12)11-20-15(18-5-4-6-21)10-16(22)19(3)17(20)23/h7-10,18,21H,4-6,11H2,1-3H3. The quantitative estimate of drug-likeness (QED) is 0.780. The summed E-state index contributed by atoms with van der Waals surface area (Å²) in [4.78, 5) is 24.3. The Hall–Kier alpha value is -2.34. The van der Waals surface area contributed by atoms with Gasteiger partial charge in [0.1, 0.15) is 5.82 Å². The molecule has 0 fully saturated rings. The van der Waals surface area contributed by atoms with Gasteiger partial charge in [-0.2, -0.15) is 0 Å². The average molecular weight is 317 g/mol. The van der Waals surface area contributed by atoms with Crippen LogP contribution in [0.4, 0.5) is 5.82 Å². The van der Waals surface area contributed by atoms with Crippen LogP contribution in [0.2, 0.25) is 0 Å². The number of nitrogens with one attached hydrogen (secondary N) is 1. The van der Waals surface area contributed by atoms with Crippen LogP contribution in [-0.2, 0) is 13.6 Å². The number of hydrogen-bond donors (Lipinski definition) is 2. The van der Waals surface area contributed by atoms with Gasteiger partial charge in [-0.05, 0) is 25.8 Å². The van der Waals surface area contributed by atoms with Gasteiger partial charge in [0, 0.05) is 26.3 Å². The van der Waals surface area contributed by atoms with E-state index in [4.69, 9.17) is 5.11 Å². The second-order valence-corrected chi connectivity index (χ2v) is 5.80.